The number of amides is 2. The van der Waals surface area contributed by atoms with Crippen LogP contribution in [0.4, 0.5) is 5.69 Å². The molecule has 3 rings (SSSR count). The molecule has 4 heteroatoms. The molecule has 0 unspecified atom stereocenters. The van der Waals surface area contributed by atoms with Crippen LogP contribution in [0, 0.1) is 0 Å². The molecule has 0 atom stereocenters. The maximum atomic E-state index is 12.7. The molecule has 4 nitrogen and oxygen atoms in total. The molecular formula is C18H15NO3. The largest absolute Gasteiger partial charge is 0.495 e. The molecule has 0 saturated heterocycles. The predicted molar refractivity (Wildman–Crippen MR) is 84.9 cm³/mol. The van der Waals surface area contributed by atoms with Crippen LogP contribution in [0.2, 0.25) is 0 Å². The Bertz CT molecular complexity index is 778. The zero-order valence-corrected chi connectivity index (χ0v) is 12.4. The van der Waals surface area contributed by atoms with E-state index >= 15 is 0 Å². The van der Waals surface area contributed by atoms with E-state index in [1.54, 1.807) is 12.1 Å². The van der Waals surface area contributed by atoms with Crippen molar-refractivity contribution in [2.75, 3.05) is 12.0 Å². The fourth-order valence-electron chi connectivity index (χ4n) is 2.70. The van der Waals surface area contributed by atoms with Gasteiger partial charge in [0, 0.05) is 18.1 Å². The van der Waals surface area contributed by atoms with Crippen LogP contribution in [-0.2, 0) is 14.3 Å². The van der Waals surface area contributed by atoms with Crippen molar-refractivity contribution < 1.29 is 14.3 Å². The van der Waals surface area contributed by atoms with E-state index in [2.05, 4.69) is 0 Å². The number of hydrogen-bond donors (Lipinski definition) is 0. The molecule has 0 spiro atoms. The van der Waals surface area contributed by atoms with Crippen molar-refractivity contribution in [2.24, 2.45) is 0 Å². The Morgan fingerprint density at radius 1 is 1.00 bits per heavy atom. The predicted octanol–water partition coefficient (Wildman–Crippen LogP) is 3.09. The Hall–Kier alpha value is -2.88. The molecule has 1 aliphatic heterocycles. The molecular weight excluding hydrogens is 278 g/mol. The highest BCUT2D eigenvalue weighted by atomic mass is 16.5. The van der Waals surface area contributed by atoms with Crippen molar-refractivity contribution in [2.45, 2.75) is 6.92 Å². The van der Waals surface area contributed by atoms with E-state index in [1.165, 1.54) is 18.9 Å². The lowest BCUT2D eigenvalue weighted by atomic mass is 10.0. The van der Waals surface area contributed by atoms with Gasteiger partial charge in [0.15, 0.2) is 0 Å². The highest BCUT2D eigenvalue weighted by Crippen LogP contribution is 2.40. The van der Waals surface area contributed by atoms with E-state index < -0.39 is 0 Å². The molecule has 2 aromatic rings. The van der Waals surface area contributed by atoms with Crippen LogP contribution >= 0.6 is 0 Å². The number of carbonyl (C=O) groups is 2. The highest BCUT2D eigenvalue weighted by molar-refractivity contribution is 6.42. The van der Waals surface area contributed by atoms with E-state index in [0.29, 0.717) is 22.6 Å². The molecule has 1 heterocycles. The first-order valence-electron chi connectivity index (χ1n) is 6.93. The number of fused-ring (bicyclic) bond motifs is 1. The van der Waals surface area contributed by atoms with Gasteiger partial charge in [-0.25, -0.2) is 4.90 Å². The number of ether oxygens (including phenoxy) is 1. The number of anilines is 1. The van der Waals surface area contributed by atoms with Crippen molar-refractivity contribution >= 4 is 28.8 Å². The Morgan fingerprint density at radius 2 is 1.64 bits per heavy atom. The number of rotatable bonds is 2. The number of hydrogen-bond acceptors (Lipinski definition) is 3. The van der Waals surface area contributed by atoms with Crippen LogP contribution < -0.4 is 4.90 Å². The maximum absolute atomic E-state index is 12.7. The van der Waals surface area contributed by atoms with Crippen LogP contribution in [0.1, 0.15) is 18.1 Å². The summed E-state index contributed by atoms with van der Waals surface area (Å²) < 4.78 is 5.50. The number of imide groups is 1. The summed E-state index contributed by atoms with van der Waals surface area (Å²) in [5.41, 5.74) is 2.52. The normalized spacial score (nSPS) is 15.5. The Morgan fingerprint density at radius 3 is 2.27 bits per heavy atom. The molecule has 0 bridgehead atoms. The van der Waals surface area contributed by atoms with Crippen LogP contribution in [0.25, 0.3) is 11.3 Å². The topological polar surface area (TPSA) is 46.6 Å². The first-order valence-corrected chi connectivity index (χ1v) is 6.93. The number of methoxy groups -OCH3 is 1. The molecule has 2 amide bonds. The van der Waals surface area contributed by atoms with Gasteiger partial charge in [-0.2, -0.15) is 0 Å². The quantitative estimate of drug-likeness (QED) is 0.631. The first kappa shape index (κ1) is 14.1. The molecule has 0 aromatic heterocycles. The average molecular weight is 293 g/mol. The first-order chi connectivity index (χ1) is 10.6. The van der Waals surface area contributed by atoms with E-state index in [1.807, 2.05) is 42.5 Å². The molecule has 0 N–H and O–H groups in total. The molecule has 2 aromatic carbocycles. The lowest BCUT2D eigenvalue weighted by Gasteiger charge is -2.12. The summed E-state index contributed by atoms with van der Waals surface area (Å²) in [6.07, 6.45) is 0. The highest BCUT2D eigenvalue weighted by Gasteiger charge is 2.37. The number of para-hydroxylation sites is 1. The van der Waals surface area contributed by atoms with Gasteiger partial charge in [-0.1, -0.05) is 48.5 Å². The molecule has 0 radical (unpaired) electrons. The molecule has 0 fully saturated rings. The summed E-state index contributed by atoms with van der Waals surface area (Å²) >= 11 is 0. The van der Waals surface area contributed by atoms with Crippen LogP contribution in [-0.4, -0.2) is 18.9 Å². The monoisotopic (exact) mass is 293 g/mol. The van der Waals surface area contributed by atoms with Crippen LogP contribution in [0.5, 0.6) is 0 Å². The van der Waals surface area contributed by atoms with Crippen LogP contribution in [0.3, 0.4) is 0 Å². The van der Waals surface area contributed by atoms with E-state index in [-0.39, 0.29) is 11.8 Å². The maximum Gasteiger partial charge on any atom is 0.269 e. The fourth-order valence-corrected chi connectivity index (χ4v) is 2.70. The standard InChI is InChI=1S/C18H15NO3/c1-12(20)19-15-11-7-6-10-14(15)16(18(19)21)17(22-2)13-8-4-3-5-9-13/h3-11H,1-2H3. The van der Waals surface area contributed by atoms with E-state index in [0.717, 1.165) is 5.56 Å². The van der Waals surface area contributed by atoms with E-state index in [4.69, 9.17) is 4.74 Å². The number of nitrogens with zero attached hydrogens (tertiary/aromatic N) is 1. The Labute approximate surface area is 128 Å². The second-order valence-corrected chi connectivity index (χ2v) is 4.95. The van der Waals surface area contributed by atoms with Gasteiger partial charge < -0.3 is 4.74 Å². The van der Waals surface area contributed by atoms with Gasteiger partial charge in [-0.3, -0.25) is 9.59 Å². The Balaban J connectivity index is 2.28. The lowest BCUT2D eigenvalue weighted by molar-refractivity contribution is -0.122. The van der Waals surface area contributed by atoms with Crippen molar-refractivity contribution in [3.63, 3.8) is 0 Å². The third-order valence-electron chi connectivity index (χ3n) is 3.61. The summed E-state index contributed by atoms with van der Waals surface area (Å²) in [6.45, 7) is 1.38. The summed E-state index contributed by atoms with van der Waals surface area (Å²) in [7, 11) is 1.53. The molecule has 110 valence electrons. The minimum Gasteiger partial charge on any atom is -0.495 e. The minimum atomic E-state index is -0.352. The second kappa shape index (κ2) is 5.48. The zero-order valence-electron chi connectivity index (χ0n) is 12.4. The summed E-state index contributed by atoms with van der Waals surface area (Å²) in [6, 6.07) is 16.6. The van der Waals surface area contributed by atoms with Gasteiger partial charge in [0.2, 0.25) is 5.91 Å². The van der Waals surface area contributed by atoms with Crippen molar-refractivity contribution in [3.05, 3.63) is 65.7 Å². The number of benzene rings is 2. The molecule has 0 saturated carbocycles. The van der Waals surface area contributed by atoms with Crippen molar-refractivity contribution in [1.82, 2.24) is 0 Å². The van der Waals surface area contributed by atoms with Gasteiger partial charge in [0.05, 0.1) is 18.4 Å². The van der Waals surface area contributed by atoms with Crippen LogP contribution in [0.15, 0.2) is 54.6 Å². The molecule has 1 aliphatic rings. The fraction of sp³-hybridized carbons (Fsp3) is 0.111. The summed E-state index contributed by atoms with van der Waals surface area (Å²) in [5, 5.41) is 0. The Kier molecular flexibility index (Phi) is 3.51. The van der Waals surface area contributed by atoms with Crippen molar-refractivity contribution in [3.8, 4) is 0 Å². The van der Waals surface area contributed by atoms with Gasteiger partial charge in [-0.05, 0) is 6.07 Å². The summed E-state index contributed by atoms with van der Waals surface area (Å²) in [4.78, 5) is 25.8. The van der Waals surface area contributed by atoms with Gasteiger partial charge in [-0.15, -0.1) is 0 Å². The number of carbonyl (C=O) groups excluding carboxylic acids is 2. The third kappa shape index (κ3) is 2.09. The van der Waals surface area contributed by atoms with Crippen molar-refractivity contribution in [1.29, 1.82) is 0 Å². The summed E-state index contributed by atoms with van der Waals surface area (Å²) in [5.74, 6) is -0.188. The third-order valence-corrected chi connectivity index (χ3v) is 3.61. The second-order valence-electron chi connectivity index (χ2n) is 4.95. The molecule has 0 aliphatic carbocycles. The van der Waals surface area contributed by atoms with Gasteiger partial charge >= 0.3 is 0 Å². The van der Waals surface area contributed by atoms with E-state index in [9.17, 15) is 9.59 Å². The smallest absolute Gasteiger partial charge is 0.269 e. The van der Waals surface area contributed by atoms with Gasteiger partial charge in [0.25, 0.3) is 5.91 Å². The minimum absolute atomic E-state index is 0.309. The zero-order chi connectivity index (χ0) is 15.7. The lowest BCUT2D eigenvalue weighted by Crippen LogP contribution is -2.31. The SMILES string of the molecule is COC(=C1C(=O)N(C(C)=O)c2ccccc21)c1ccccc1. The molecule has 22 heavy (non-hydrogen) atoms. The average Bonchev–Trinajstić information content (AvgIpc) is 2.82. The van der Waals surface area contributed by atoms with Gasteiger partial charge in [0.1, 0.15) is 5.76 Å².